The Morgan fingerprint density at radius 1 is 1.18 bits per heavy atom. The smallest absolute Gasteiger partial charge is 0.161 e. The van der Waals surface area contributed by atoms with Crippen LogP contribution in [-0.4, -0.2) is 30.2 Å². The summed E-state index contributed by atoms with van der Waals surface area (Å²) in [6.45, 7) is 4.94. The molecule has 0 aliphatic heterocycles. The monoisotopic (exact) mass is 314 g/mol. The summed E-state index contributed by atoms with van der Waals surface area (Å²) in [4.78, 5) is 9.04. The fraction of sp³-hybridized carbons (Fsp3) is 0.400. The number of tetrazole rings is 1. The van der Waals surface area contributed by atoms with Crippen molar-refractivity contribution in [2.45, 2.75) is 44.0 Å². The predicted octanol–water partition coefficient (Wildman–Crippen LogP) is 3.02. The van der Waals surface area contributed by atoms with Crippen LogP contribution < -0.4 is 0 Å². The molecule has 2 aromatic heterocycles. The van der Waals surface area contributed by atoms with Crippen molar-refractivity contribution < 1.29 is 0 Å². The zero-order valence-corrected chi connectivity index (χ0v) is 13.5. The van der Waals surface area contributed by atoms with Gasteiger partial charge in [0.1, 0.15) is 10.9 Å². The van der Waals surface area contributed by atoms with Crippen LogP contribution in [0.2, 0.25) is 0 Å². The predicted molar refractivity (Wildman–Crippen MR) is 86.6 cm³/mol. The maximum atomic E-state index is 4.57. The van der Waals surface area contributed by atoms with Crippen molar-refractivity contribution in [3.63, 3.8) is 0 Å². The van der Waals surface area contributed by atoms with E-state index < -0.39 is 0 Å². The van der Waals surface area contributed by atoms with Gasteiger partial charge in [0.15, 0.2) is 5.82 Å². The Kier molecular flexibility index (Phi) is 4.62. The second-order valence-electron chi connectivity index (χ2n) is 5.05. The number of unbranched alkanes of at least 4 members (excludes halogenated alkanes) is 1. The molecule has 0 radical (unpaired) electrons. The lowest BCUT2D eigenvalue weighted by Crippen LogP contribution is -2.05. The third-order valence-corrected chi connectivity index (χ3v) is 4.33. The number of hydrogen-bond donors (Lipinski definition) is 0. The van der Waals surface area contributed by atoms with Gasteiger partial charge in [0.05, 0.1) is 11.3 Å². The Hall–Kier alpha value is -2.02. The lowest BCUT2D eigenvalue weighted by atomic mass is 10.2. The van der Waals surface area contributed by atoms with Gasteiger partial charge in [0.2, 0.25) is 0 Å². The molecule has 3 aromatic rings. The van der Waals surface area contributed by atoms with Gasteiger partial charge in [0, 0.05) is 11.9 Å². The molecule has 0 unspecified atom stereocenters. The third-order valence-electron chi connectivity index (χ3n) is 3.35. The second kappa shape index (κ2) is 6.83. The zero-order chi connectivity index (χ0) is 15.4. The molecule has 0 saturated heterocycles. The summed E-state index contributed by atoms with van der Waals surface area (Å²) < 4.78 is 1.88. The van der Waals surface area contributed by atoms with Crippen LogP contribution in [0.1, 0.15) is 31.4 Å². The van der Waals surface area contributed by atoms with Crippen molar-refractivity contribution in [3.8, 4) is 0 Å². The van der Waals surface area contributed by atoms with Crippen molar-refractivity contribution >= 4 is 22.7 Å². The number of hydrogen-bond acceptors (Lipinski definition) is 6. The Labute approximate surface area is 133 Å². The lowest BCUT2D eigenvalue weighted by Gasteiger charge is -2.07. The molecule has 0 atom stereocenters. The summed E-state index contributed by atoms with van der Waals surface area (Å²) in [5.74, 6) is 2.38. The molecule has 7 heteroatoms. The molecule has 0 spiro atoms. The summed E-state index contributed by atoms with van der Waals surface area (Å²) in [6.07, 6.45) is 2.21. The van der Waals surface area contributed by atoms with Crippen molar-refractivity contribution in [2.24, 2.45) is 0 Å². The summed E-state index contributed by atoms with van der Waals surface area (Å²) in [5, 5.41) is 14.0. The SMILES string of the molecule is CCCCn1nnnc1CSc1nc(C)nc2ccccc12. The van der Waals surface area contributed by atoms with E-state index in [1.165, 1.54) is 0 Å². The van der Waals surface area contributed by atoms with E-state index >= 15 is 0 Å². The number of aryl methyl sites for hydroxylation is 2. The number of aromatic nitrogens is 6. The topological polar surface area (TPSA) is 69.4 Å². The van der Waals surface area contributed by atoms with Crippen molar-refractivity contribution in [1.82, 2.24) is 30.2 Å². The van der Waals surface area contributed by atoms with E-state index in [1.807, 2.05) is 29.8 Å². The molecule has 0 fully saturated rings. The molecule has 1 aromatic carbocycles. The maximum Gasteiger partial charge on any atom is 0.161 e. The molecule has 0 aliphatic carbocycles. The Morgan fingerprint density at radius 3 is 2.91 bits per heavy atom. The first-order valence-electron chi connectivity index (χ1n) is 7.39. The number of thioether (sulfide) groups is 1. The molecule has 22 heavy (non-hydrogen) atoms. The Balaban J connectivity index is 1.81. The van der Waals surface area contributed by atoms with E-state index in [-0.39, 0.29) is 0 Å². The van der Waals surface area contributed by atoms with E-state index in [1.54, 1.807) is 11.8 Å². The van der Waals surface area contributed by atoms with Gasteiger partial charge in [-0.05, 0) is 29.8 Å². The first-order valence-corrected chi connectivity index (χ1v) is 8.37. The average molecular weight is 314 g/mol. The van der Waals surface area contributed by atoms with Crippen LogP contribution in [0.5, 0.6) is 0 Å². The summed E-state index contributed by atoms with van der Waals surface area (Å²) in [6, 6.07) is 8.07. The fourth-order valence-corrected chi connectivity index (χ4v) is 3.21. The number of para-hydroxylation sites is 1. The largest absolute Gasteiger partial charge is 0.233 e. The van der Waals surface area contributed by atoms with Gasteiger partial charge in [-0.1, -0.05) is 43.3 Å². The Morgan fingerprint density at radius 2 is 2.05 bits per heavy atom. The van der Waals surface area contributed by atoms with Gasteiger partial charge in [-0.25, -0.2) is 14.6 Å². The second-order valence-corrected chi connectivity index (χ2v) is 6.02. The molecule has 0 aliphatic rings. The van der Waals surface area contributed by atoms with Crippen LogP contribution in [0.3, 0.4) is 0 Å². The highest BCUT2D eigenvalue weighted by Gasteiger charge is 2.10. The molecule has 2 heterocycles. The maximum absolute atomic E-state index is 4.57. The van der Waals surface area contributed by atoms with Crippen LogP contribution in [0.25, 0.3) is 10.9 Å². The van der Waals surface area contributed by atoms with E-state index in [2.05, 4.69) is 38.5 Å². The van der Waals surface area contributed by atoms with Gasteiger partial charge in [-0.2, -0.15) is 0 Å². The van der Waals surface area contributed by atoms with Crippen LogP contribution in [0.4, 0.5) is 0 Å². The molecule has 0 bridgehead atoms. The van der Waals surface area contributed by atoms with E-state index in [9.17, 15) is 0 Å². The van der Waals surface area contributed by atoms with E-state index in [0.717, 1.165) is 47.0 Å². The summed E-state index contributed by atoms with van der Waals surface area (Å²) in [5.41, 5.74) is 0.975. The first kappa shape index (κ1) is 14.9. The molecular weight excluding hydrogens is 296 g/mol. The third kappa shape index (κ3) is 3.24. The fourth-order valence-electron chi connectivity index (χ4n) is 2.21. The van der Waals surface area contributed by atoms with Crippen LogP contribution in [0.15, 0.2) is 29.3 Å². The molecule has 0 amide bonds. The highest BCUT2D eigenvalue weighted by molar-refractivity contribution is 7.98. The van der Waals surface area contributed by atoms with Crippen molar-refractivity contribution in [1.29, 1.82) is 0 Å². The number of nitrogens with zero attached hydrogens (tertiary/aromatic N) is 6. The molecule has 3 rings (SSSR count). The minimum absolute atomic E-state index is 0.706. The zero-order valence-electron chi connectivity index (χ0n) is 12.7. The van der Waals surface area contributed by atoms with E-state index in [0.29, 0.717) is 5.75 Å². The molecule has 114 valence electrons. The summed E-state index contributed by atoms with van der Waals surface area (Å²) in [7, 11) is 0. The molecule has 6 nitrogen and oxygen atoms in total. The molecule has 0 N–H and O–H groups in total. The Bertz CT molecular complexity index is 770. The average Bonchev–Trinajstić information content (AvgIpc) is 2.97. The van der Waals surface area contributed by atoms with Gasteiger partial charge in [-0.15, -0.1) is 5.10 Å². The minimum Gasteiger partial charge on any atom is -0.233 e. The number of rotatable bonds is 6. The van der Waals surface area contributed by atoms with Gasteiger partial charge in [0.25, 0.3) is 0 Å². The van der Waals surface area contributed by atoms with Gasteiger partial charge in [-0.3, -0.25) is 0 Å². The van der Waals surface area contributed by atoms with Crippen molar-refractivity contribution in [2.75, 3.05) is 0 Å². The van der Waals surface area contributed by atoms with Gasteiger partial charge < -0.3 is 0 Å². The molecule has 0 saturated carbocycles. The highest BCUT2D eigenvalue weighted by Crippen LogP contribution is 2.27. The van der Waals surface area contributed by atoms with E-state index in [4.69, 9.17) is 0 Å². The number of benzene rings is 1. The highest BCUT2D eigenvalue weighted by atomic mass is 32.2. The van der Waals surface area contributed by atoms with Gasteiger partial charge >= 0.3 is 0 Å². The first-order chi connectivity index (χ1) is 10.8. The summed E-state index contributed by atoms with van der Waals surface area (Å²) >= 11 is 1.65. The van der Waals surface area contributed by atoms with Crippen LogP contribution in [-0.2, 0) is 12.3 Å². The standard InChI is InChI=1S/C15H18N6S/c1-3-4-9-21-14(18-19-20-21)10-22-15-12-7-5-6-8-13(12)16-11(2)17-15/h5-8H,3-4,9-10H2,1-2H3. The quantitative estimate of drug-likeness (QED) is 0.514. The minimum atomic E-state index is 0.706. The van der Waals surface area contributed by atoms with Crippen LogP contribution in [0, 0.1) is 6.92 Å². The molecular formula is C15H18N6S. The number of fused-ring (bicyclic) bond motifs is 1. The normalized spacial score (nSPS) is 11.2. The van der Waals surface area contributed by atoms with Crippen LogP contribution >= 0.6 is 11.8 Å². The lowest BCUT2D eigenvalue weighted by molar-refractivity contribution is 0.540. The van der Waals surface area contributed by atoms with Crippen molar-refractivity contribution in [3.05, 3.63) is 35.9 Å².